The first-order valence-corrected chi connectivity index (χ1v) is 17.2. The van der Waals surface area contributed by atoms with E-state index in [0.717, 1.165) is 56.3 Å². The lowest BCUT2D eigenvalue weighted by Gasteiger charge is -2.15. The van der Waals surface area contributed by atoms with Gasteiger partial charge in [-0.15, -0.1) is 0 Å². The number of nitrogens with two attached hydrogens (primary N) is 1. The number of hydrogen-bond acceptors (Lipinski definition) is 9. The van der Waals surface area contributed by atoms with Crippen molar-refractivity contribution in [2.45, 2.75) is 5.37 Å². The first-order valence-electron chi connectivity index (χ1n) is 15.5. The van der Waals surface area contributed by atoms with Crippen LogP contribution in [-0.2, 0) is 0 Å². The molecule has 1 unspecified atom stereocenters. The van der Waals surface area contributed by atoms with Crippen LogP contribution < -0.4 is 10.7 Å². The lowest BCUT2D eigenvalue weighted by Crippen LogP contribution is -2.40. The molecule has 0 saturated heterocycles. The van der Waals surface area contributed by atoms with E-state index in [4.69, 9.17) is 31.2 Å². The maximum absolute atomic E-state index is 8.86. The molecule has 238 valence electrons. The number of aromatic nitrogens is 4. The first-order chi connectivity index (χ1) is 24.0. The number of benzene rings is 3. The summed E-state index contributed by atoms with van der Waals surface area (Å²) in [5.41, 5.74) is 7.50. The third-order valence-electron chi connectivity index (χ3n) is 7.88. The first kappa shape index (κ1) is 32.0. The van der Waals surface area contributed by atoms with Gasteiger partial charge in [-0.2, -0.15) is 0 Å². The van der Waals surface area contributed by atoms with Crippen molar-refractivity contribution in [2.24, 2.45) is 0 Å². The molecule has 0 aliphatic carbocycles. The second-order valence-corrected chi connectivity index (χ2v) is 13.3. The zero-order valence-electron chi connectivity index (χ0n) is 26.5. The molecule has 0 amide bonds. The number of rotatable bonds is 8. The minimum absolute atomic E-state index is 0.156. The molecule has 49 heavy (non-hydrogen) atoms. The summed E-state index contributed by atoms with van der Waals surface area (Å²) in [5.74, 6) is 0. The van der Waals surface area contributed by atoms with Crippen LogP contribution in [0.4, 0.5) is 0 Å². The number of nitrogens with one attached hydrogen (secondary N) is 3. The van der Waals surface area contributed by atoms with E-state index in [-0.39, 0.29) is 15.5 Å². The van der Waals surface area contributed by atoms with Gasteiger partial charge in [-0.25, -0.2) is 25.3 Å². The van der Waals surface area contributed by atoms with Gasteiger partial charge in [-0.05, 0) is 67.0 Å². The summed E-state index contributed by atoms with van der Waals surface area (Å²) in [6.45, 7) is 0. The molecule has 0 bridgehead atoms. The third-order valence-corrected chi connectivity index (χ3v) is 9.88. The Hall–Kier alpha value is -5.55. The highest BCUT2D eigenvalue weighted by Gasteiger charge is 2.21. The SMILES string of the molecule is CNC(SC(=[NH2+])c1cccc(-c2ccccc2)n1)c1ccc2ccc3ccc(C(=N)SC(=N)c4cccc(-c5ccccc5)n4)nc3c2n1. The molecule has 0 saturated carbocycles. The maximum atomic E-state index is 8.86. The molecule has 4 aromatic heterocycles. The Bertz CT molecular complexity index is 2350. The molecule has 0 radical (unpaired) electrons. The van der Waals surface area contributed by atoms with E-state index in [2.05, 4.69) is 10.3 Å². The number of hydrogen-bond donors (Lipinski definition) is 4. The van der Waals surface area contributed by atoms with Gasteiger partial charge in [0.25, 0.3) is 5.04 Å². The fraction of sp³-hybridized carbons (Fsp3) is 0.0513. The molecule has 0 fully saturated rings. The summed E-state index contributed by atoms with van der Waals surface area (Å²) in [6.07, 6.45) is 0. The summed E-state index contributed by atoms with van der Waals surface area (Å²) in [4.78, 5) is 19.5. The Balaban J connectivity index is 1.13. The molecule has 7 aromatic rings. The average molecular weight is 676 g/mol. The molecule has 0 spiro atoms. The van der Waals surface area contributed by atoms with E-state index in [9.17, 15) is 0 Å². The maximum Gasteiger partial charge on any atom is 0.259 e. The summed E-state index contributed by atoms with van der Waals surface area (Å²) in [5, 5.41) is 30.0. The Morgan fingerprint density at radius 1 is 0.571 bits per heavy atom. The predicted molar refractivity (Wildman–Crippen MR) is 203 cm³/mol. The van der Waals surface area contributed by atoms with Crippen molar-refractivity contribution < 1.29 is 5.41 Å². The van der Waals surface area contributed by atoms with Crippen molar-refractivity contribution in [3.05, 3.63) is 156 Å². The minimum atomic E-state index is -0.251. The molecule has 7 rings (SSSR count). The van der Waals surface area contributed by atoms with Crippen LogP contribution in [0, 0.1) is 10.8 Å². The second-order valence-electron chi connectivity index (χ2n) is 11.1. The largest absolute Gasteiger partial charge is 0.303 e. The van der Waals surface area contributed by atoms with Crippen molar-refractivity contribution in [3.8, 4) is 22.5 Å². The van der Waals surface area contributed by atoms with E-state index >= 15 is 0 Å². The van der Waals surface area contributed by atoms with Crippen LogP contribution in [0.3, 0.4) is 0 Å². The van der Waals surface area contributed by atoms with Crippen molar-refractivity contribution in [1.82, 2.24) is 25.3 Å². The van der Waals surface area contributed by atoms with Gasteiger partial charge < -0.3 is 5.32 Å². The van der Waals surface area contributed by atoms with Gasteiger partial charge in [0.15, 0.2) is 0 Å². The summed E-state index contributed by atoms with van der Waals surface area (Å²) in [7, 11) is 1.88. The van der Waals surface area contributed by atoms with E-state index in [1.165, 1.54) is 11.8 Å². The van der Waals surface area contributed by atoms with E-state index in [1.54, 1.807) is 6.07 Å². The number of fused-ring (bicyclic) bond motifs is 3. The molecule has 5 N–H and O–H groups in total. The number of nitrogens with zero attached hydrogens (tertiary/aromatic N) is 4. The average Bonchev–Trinajstić information content (AvgIpc) is 3.17. The molecular formula is C39H31N8S2+. The number of pyridine rings is 4. The zero-order valence-corrected chi connectivity index (χ0v) is 28.1. The van der Waals surface area contributed by atoms with Crippen LogP contribution in [0.5, 0.6) is 0 Å². The fourth-order valence-electron chi connectivity index (χ4n) is 5.39. The highest BCUT2D eigenvalue weighted by molar-refractivity contribution is 8.27. The smallest absolute Gasteiger partial charge is 0.259 e. The van der Waals surface area contributed by atoms with Crippen molar-refractivity contribution in [3.63, 3.8) is 0 Å². The van der Waals surface area contributed by atoms with Gasteiger partial charge in [0.2, 0.25) is 0 Å². The Morgan fingerprint density at radius 2 is 1.08 bits per heavy atom. The quantitative estimate of drug-likeness (QED) is 0.0581. The molecule has 0 aliphatic rings. The van der Waals surface area contributed by atoms with Crippen LogP contribution in [0.15, 0.2) is 133 Å². The Morgan fingerprint density at radius 3 is 1.69 bits per heavy atom. The van der Waals surface area contributed by atoms with Gasteiger partial charge in [-0.1, -0.05) is 97.1 Å². The zero-order chi connectivity index (χ0) is 33.7. The molecule has 0 aliphatic heterocycles. The summed E-state index contributed by atoms with van der Waals surface area (Å²) < 4.78 is 0. The van der Waals surface area contributed by atoms with E-state index in [0.29, 0.717) is 27.6 Å². The lowest BCUT2D eigenvalue weighted by molar-refractivity contribution is -0.107. The normalized spacial score (nSPS) is 11.8. The minimum Gasteiger partial charge on any atom is -0.303 e. The highest BCUT2D eigenvalue weighted by Crippen LogP contribution is 2.31. The monoisotopic (exact) mass is 675 g/mol. The van der Waals surface area contributed by atoms with Crippen molar-refractivity contribution in [2.75, 3.05) is 7.05 Å². The number of thioether (sulfide) groups is 2. The van der Waals surface area contributed by atoms with Crippen molar-refractivity contribution in [1.29, 1.82) is 10.8 Å². The van der Waals surface area contributed by atoms with Gasteiger partial charge in [0, 0.05) is 21.9 Å². The van der Waals surface area contributed by atoms with Gasteiger partial charge in [0.05, 0.1) is 39.5 Å². The van der Waals surface area contributed by atoms with E-state index < -0.39 is 0 Å². The molecule has 8 nitrogen and oxygen atoms in total. The molecule has 10 heteroatoms. The Labute approximate surface area is 292 Å². The highest BCUT2D eigenvalue weighted by atomic mass is 32.2. The van der Waals surface area contributed by atoms with Crippen LogP contribution >= 0.6 is 23.5 Å². The van der Waals surface area contributed by atoms with Gasteiger partial charge in [0.1, 0.15) is 21.2 Å². The second kappa shape index (κ2) is 14.3. The van der Waals surface area contributed by atoms with E-state index in [1.807, 2.05) is 134 Å². The standard InChI is InChI=1S/C39H30N8S2/c1-43-39(49-38(42)31-17-9-15-29(45-31)25-12-6-3-7-13-25)33-23-21-27-19-18-26-20-22-32(46-34(26)35(27)47-33)37(41)48-36(40)30-16-8-14-28(44-30)24-10-4-2-5-11-24/h2-23,39-43H,1H3/p+1. The molecule has 3 aromatic carbocycles. The molecule has 1 atom stereocenters. The lowest BCUT2D eigenvalue weighted by atomic mass is 10.1. The van der Waals surface area contributed by atoms with Crippen molar-refractivity contribution >= 4 is 60.5 Å². The van der Waals surface area contributed by atoms with Crippen LogP contribution in [0.25, 0.3) is 44.3 Å². The van der Waals surface area contributed by atoms with Crippen LogP contribution in [0.2, 0.25) is 0 Å². The molecule has 4 heterocycles. The van der Waals surface area contributed by atoms with Crippen LogP contribution in [0.1, 0.15) is 28.1 Å². The predicted octanol–water partition coefficient (Wildman–Crippen LogP) is 7.15. The summed E-state index contributed by atoms with van der Waals surface area (Å²) >= 11 is 2.48. The summed E-state index contributed by atoms with van der Waals surface area (Å²) in [6, 6.07) is 43.1. The van der Waals surface area contributed by atoms with Gasteiger partial charge >= 0.3 is 0 Å². The Kier molecular flexibility index (Phi) is 9.34. The topological polar surface area (TPSA) is 137 Å². The third kappa shape index (κ3) is 7.02. The molecular weight excluding hydrogens is 645 g/mol. The van der Waals surface area contributed by atoms with Gasteiger partial charge in [-0.3, -0.25) is 10.8 Å². The van der Waals surface area contributed by atoms with Crippen LogP contribution in [-0.4, -0.2) is 42.1 Å². The fourth-order valence-corrected chi connectivity index (χ4v) is 6.89.